The van der Waals surface area contributed by atoms with E-state index in [0.717, 1.165) is 18.4 Å². The van der Waals surface area contributed by atoms with Crippen LogP contribution in [0.15, 0.2) is 59.7 Å². The van der Waals surface area contributed by atoms with Crippen molar-refractivity contribution < 1.29 is 14.6 Å². The van der Waals surface area contributed by atoms with Gasteiger partial charge in [-0.3, -0.25) is 9.36 Å². The summed E-state index contributed by atoms with van der Waals surface area (Å²) in [4.78, 5) is 13.1. The molecule has 1 N–H and O–H groups in total. The van der Waals surface area contributed by atoms with Crippen molar-refractivity contribution >= 4 is 17.1 Å². The summed E-state index contributed by atoms with van der Waals surface area (Å²) in [6, 6.07) is 14.1. The van der Waals surface area contributed by atoms with Gasteiger partial charge < -0.3 is 14.6 Å². The molecule has 8 nitrogen and oxygen atoms in total. The minimum Gasteiger partial charge on any atom is -0.493 e. The molecule has 1 aliphatic carbocycles. The molecule has 2 aromatic heterocycles. The first kappa shape index (κ1) is 20.5. The molecule has 1 aliphatic rings. The topological polar surface area (TPSA) is 90.9 Å². The summed E-state index contributed by atoms with van der Waals surface area (Å²) >= 11 is 5.96. The van der Waals surface area contributed by atoms with Gasteiger partial charge in [0, 0.05) is 16.7 Å². The van der Waals surface area contributed by atoms with E-state index in [1.54, 1.807) is 36.4 Å². The number of hydrogen-bond acceptors (Lipinski definition) is 6. The molecule has 32 heavy (non-hydrogen) atoms. The number of nitrogens with zero attached hydrogens (tertiary/aromatic N) is 4. The van der Waals surface area contributed by atoms with Gasteiger partial charge in [0.1, 0.15) is 12.9 Å². The standard InChI is InChI=1S/C23H21ClN4O4/c1-31-22-10-17(8-9-21(22)32-12-20(29)15-2-3-15)27-13-25-28-19(23(27)30)11-18(26-28)14-4-6-16(24)7-5-14/h4-11,13,15,20,29H,2-3,12H2,1H3/t20-/m0/s1. The Morgan fingerprint density at radius 1 is 1.16 bits per heavy atom. The van der Waals surface area contributed by atoms with Gasteiger partial charge >= 0.3 is 0 Å². The summed E-state index contributed by atoms with van der Waals surface area (Å²) < 4.78 is 13.9. The Morgan fingerprint density at radius 2 is 1.94 bits per heavy atom. The van der Waals surface area contributed by atoms with Gasteiger partial charge in [0.25, 0.3) is 5.56 Å². The van der Waals surface area contributed by atoms with E-state index in [1.807, 2.05) is 12.1 Å². The summed E-state index contributed by atoms with van der Waals surface area (Å²) in [5.41, 5.74) is 2.10. The average Bonchev–Trinajstić information content (AvgIpc) is 3.57. The van der Waals surface area contributed by atoms with Gasteiger partial charge in [0.05, 0.1) is 24.6 Å². The first-order valence-corrected chi connectivity index (χ1v) is 10.6. The highest BCUT2D eigenvalue weighted by Gasteiger charge is 2.30. The zero-order chi connectivity index (χ0) is 22.2. The normalized spacial score (nSPS) is 14.5. The molecule has 5 rings (SSSR count). The van der Waals surface area contributed by atoms with Gasteiger partial charge in [-0.05, 0) is 49.1 Å². The molecule has 164 valence electrons. The molecule has 0 saturated heterocycles. The summed E-state index contributed by atoms with van der Waals surface area (Å²) in [5, 5.41) is 19.4. The lowest BCUT2D eigenvalue weighted by Crippen LogP contribution is -2.22. The maximum atomic E-state index is 13.1. The molecule has 0 bridgehead atoms. The lowest BCUT2D eigenvalue weighted by Gasteiger charge is -2.15. The Bertz CT molecular complexity index is 1330. The van der Waals surface area contributed by atoms with Crippen LogP contribution >= 0.6 is 11.6 Å². The van der Waals surface area contributed by atoms with Crippen molar-refractivity contribution in [3.8, 4) is 28.4 Å². The van der Waals surface area contributed by atoms with Crippen molar-refractivity contribution in [1.29, 1.82) is 0 Å². The third-order valence-corrected chi connectivity index (χ3v) is 5.80. The zero-order valence-electron chi connectivity index (χ0n) is 17.3. The van der Waals surface area contributed by atoms with Crippen LogP contribution < -0.4 is 15.0 Å². The predicted octanol–water partition coefficient (Wildman–Crippen LogP) is 3.36. The van der Waals surface area contributed by atoms with Crippen molar-refractivity contribution in [2.45, 2.75) is 18.9 Å². The van der Waals surface area contributed by atoms with Crippen LogP contribution in [0.4, 0.5) is 0 Å². The Morgan fingerprint density at radius 3 is 2.66 bits per heavy atom. The number of rotatable bonds is 7. The van der Waals surface area contributed by atoms with Crippen LogP contribution in [0.2, 0.25) is 5.02 Å². The van der Waals surface area contributed by atoms with Gasteiger partial charge in [-0.25, -0.2) is 0 Å². The first-order valence-electron chi connectivity index (χ1n) is 10.3. The molecule has 0 spiro atoms. The van der Waals surface area contributed by atoms with Crippen LogP contribution in [0.3, 0.4) is 0 Å². The minimum atomic E-state index is -0.481. The summed E-state index contributed by atoms with van der Waals surface area (Å²) in [6.45, 7) is 0.205. The van der Waals surface area contributed by atoms with E-state index in [1.165, 1.54) is 22.6 Å². The lowest BCUT2D eigenvalue weighted by molar-refractivity contribution is 0.0880. The van der Waals surface area contributed by atoms with Gasteiger partial charge in [0.2, 0.25) is 0 Å². The minimum absolute atomic E-state index is 0.205. The van der Waals surface area contributed by atoms with Gasteiger partial charge in [0.15, 0.2) is 17.0 Å². The number of benzene rings is 2. The fourth-order valence-electron chi connectivity index (χ4n) is 3.55. The first-order chi connectivity index (χ1) is 15.5. The molecular formula is C23H21ClN4O4. The van der Waals surface area contributed by atoms with E-state index in [9.17, 15) is 9.90 Å². The second kappa shape index (κ2) is 8.29. The van der Waals surface area contributed by atoms with E-state index in [4.69, 9.17) is 21.1 Å². The van der Waals surface area contributed by atoms with E-state index in [2.05, 4.69) is 10.2 Å². The number of fused-ring (bicyclic) bond motifs is 1. The van der Waals surface area contributed by atoms with E-state index >= 15 is 0 Å². The number of aliphatic hydroxyl groups excluding tert-OH is 1. The second-order valence-corrected chi connectivity index (χ2v) is 8.20. The monoisotopic (exact) mass is 452 g/mol. The van der Waals surface area contributed by atoms with Gasteiger partial charge in [-0.1, -0.05) is 23.7 Å². The van der Waals surface area contributed by atoms with Crippen LogP contribution in [0, 0.1) is 5.92 Å². The Hall–Kier alpha value is -3.36. The number of aliphatic hydroxyl groups is 1. The van der Waals surface area contributed by atoms with Gasteiger partial charge in [-0.2, -0.15) is 0 Å². The van der Waals surface area contributed by atoms with Crippen molar-refractivity contribution in [1.82, 2.24) is 19.4 Å². The summed E-state index contributed by atoms with van der Waals surface area (Å²) in [7, 11) is 1.53. The number of halogens is 1. The molecule has 1 fully saturated rings. The second-order valence-electron chi connectivity index (χ2n) is 7.77. The zero-order valence-corrected chi connectivity index (χ0v) is 18.1. The lowest BCUT2D eigenvalue weighted by atomic mass is 10.1. The molecule has 2 heterocycles. The quantitative estimate of drug-likeness (QED) is 0.462. The summed E-state index contributed by atoms with van der Waals surface area (Å²) in [6.07, 6.45) is 3.01. The predicted molar refractivity (Wildman–Crippen MR) is 120 cm³/mol. The molecule has 1 saturated carbocycles. The number of hydrogen-bond donors (Lipinski definition) is 1. The number of ether oxygens (including phenoxy) is 2. The molecule has 0 radical (unpaired) electrons. The molecule has 9 heteroatoms. The third kappa shape index (κ3) is 3.94. The van der Waals surface area contributed by atoms with Crippen LogP contribution in [0.5, 0.6) is 11.5 Å². The summed E-state index contributed by atoms with van der Waals surface area (Å²) in [5.74, 6) is 1.30. The highest BCUT2D eigenvalue weighted by molar-refractivity contribution is 6.30. The smallest absolute Gasteiger partial charge is 0.284 e. The third-order valence-electron chi connectivity index (χ3n) is 5.55. The Labute approximate surface area is 188 Å². The number of aromatic nitrogens is 4. The highest BCUT2D eigenvalue weighted by atomic mass is 35.5. The Balaban J connectivity index is 1.46. The van der Waals surface area contributed by atoms with Gasteiger partial charge in [-0.15, -0.1) is 14.8 Å². The molecular weight excluding hydrogens is 432 g/mol. The molecule has 0 unspecified atom stereocenters. The molecule has 2 aromatic carbocycles. The highest BCUT2D eigenvalue weighted by Crippen LogP contribution is 2.34. The van der Waals surface area contributed by atoms with Crippen LogP contribution in [0.25, 0.3) is 22.5 Å². The molecule has 1 atom stereocenters. The fraction of sp³-hybridized carbons (Fsp3) is 0.261. The van der Waals surface area contributed by atoms with Crippen molar-refractivity contribution in [3.05, 3.63) is 70.2 Å². The van der Waals surface area contributed by atoms with E-state index in [0.29, 0.717) is 39.3 Å². The number of methoxy groups -OCH3 is 1. The van der Waals surface area contributed by atoms with Crippen LogP contribution in [-0.2, 0) is 0 Å². The van der Waals surface area contributed by atoms with E-state index < -0.39 is 6.10 Å². The molecule has 0 aliphatic heterocycles. The maximum absolute atomic E-state index is 13.1. The van der Waals surface area contributed by atoms with Crippen LogP contribution in [-0.4, -0.2) is 44.3 Å². The van der Waals surface area contributed by atoms with E-state index in [-0.39, 0.29) is 12.2 Å². The maximum Gasteiger partial charge on any atom is 0.284 e. The van der Waals surface area contributed by atoms with Crippen molar-refractivity contribution in [2.24, 2.45) is 5.92 Å². The largest absolute Gasteiger partial charge is 0.493 e. The average molecular weight is 453 g/mol. The molecule has 0 amide bonds. The van der Waals surface area contributed by atoms with Crippen molar-refractivity contribution in [2.75, 3.05) is 13.7 Å². The Kier molecular flexibility index (Phi) is 5.32. The fourth-order valence-corrected chi connectivity index (χ4v) is 3.67. The van der Waals surface area contributed by atoms with Crippen LogP contribution in [0.1, 0.15) is 12.8 Å². The molecule has 4 aromatic rings. The van der Waals surface area contributed by atoms with Crippen molar-refractivity contribution in [3.63, 3.8) is 0 Å². The SMILES string of the molecule is COc1cc(-n2cnn3nc(-c4ccc(Cl)cc4)cc3c2=O)ccc1OC[C@H](O)C1CC1.